The number of anilines is 2. The molecule has 3 aromatic carbocycles. The molecule has 0 aliphatic heterocycles. The minimum atomic E-state index is -0.425. The second kappa shape index (κ2) is 7.64. The molecule has 0 aliphatic rings. The summed E-state index contributed by atoms with van der Waals surface area (Å²) in [5.41, 5.74) is 4.14. The molecule has 0 unspecified atom stereocenters. The molecule has 0 radical (unpaired) electrons. The van der Waals surface area contributed by atoms with Crippen molar-refractivity contribution in [3.05, 3.63) is 95.2 Å². The van der Waals surface area contributed by atoms with E-state index in [0.29, 0.717) is 27.9 Å². The zero-order valence-corrected chi connectivity index (χ0v) is 16.2. The van der Waals surface area contributed by atoms with E-state index in [-0.39, 0.29) is 11.7 Å². The van der Waals surface area contributed by atoms with Gasteiger partial charge in [0.15, 0.2) is 0 Å². The number of carbonyl (C=O) groups is 2. The predicted octanol–water partition coefficient (Wildman–Crippen LogP) is 5.55. The Morgan fingerprint density at radius 3 is 2.28 bits per heavy atom. The van der Waals surface area contributed by atoms with Gasteiger partial charge in [0.05, 0.1) is 0 Å². The highest BCUT2D eigenvalue weighted by Gasteiger charge is 2.23. The minimum Gasteiger partial charge on any atom is -0.449 e. The smallest absolute Gasteiger partial charge is 0.293 e. The molecule has 1 heterocycles. The van der Waals surface area contributed by atoms with E-state index in [9.17, 15) is 9.59 Å². The van der Waals surface area contributed by atoms with Crippen LogP contribution in [0.4, 0.5) is 11.4 Å². The van der Waals surface area contributed by atoms with Gasteiger partial charge in [-0.1, -0.05) is 42.0 Å². The third-order valence-electron chi connectivity index (χ3n) is 4.63. The van der Waals surface area contributed by atoms with Crippen LogP contribution in [0.5, 0.6) is 0 Å². The van der Waals surface area contributed by atoms with Crippen LogP contribution >= 0.6 is 0 Å². The summed E-state index contributed by atoms with van der Waals surface area (Å²) in [7, 11) is 0. The van der Waals surface area contributed by atoms with Crippen molar-refractivity contribution in [1.82, 2.24) is 0 Å². The average molecular weight is 384 g/mol. The van der Waals surface area contributed by atoms with Crippen LogP contribution in [0, 0.1) is 13.8 Å². The van der Waals surface area contributed by atoms with Crippen LogP contribution in [0.15, 0.2) is 77.2 Å². The maximum atomic E-state index is 12.9. The Morgan fingerprint density at radius 2 is 1.52 bits per heavy atom. The second-order valence-electron chi connectivity index (χ2n) is 6.95. The number of para-hydroxylation sites is 1. The van der Waals surface area contributed by atoms with Crippen molar-refractivity contribution in [2.45, 2.75) is 13.8 Å². The summed E-state index contributed by atoms with van der Waals surface area (Å²) in [5, 5.41) is 6.36. The molecule has 0 bridgehead atoms. The van der Waals surface area contributed by atoms with Gasteiger partial charge in [-0.15, -0.1) is 0 Å². The highest BCUT2D eigenvalue weighted by atomic mass is 16.3. The van der Waals surface area contributed by atoms with Gasteiger partial charge in [0.2, 0.25) is 5.76 Å². The molecule has 0 spiro atoms. The van der Waals surface area contributed by atoms with Crippen molar-refractivity contribution in [3.63, 3.8) is 0 Å². The third-order valence-corrected chi connectivity index (χ3v) is 4.63. The van der Waals surface area contributed by atoms with Crippen molar-refractivity contribution in [2.75, 3.05) is 10.6 Å². The standard InChI is InChI=1S/C24H20N2O3/c1-15-10-12-17(13-11-15)23(27)26-21-19-8-3-4-9-20(19)29-22(21)24(28)25-18-7-5-6-16(2)14-18/h3-14H,1-2H3,(H,25,28)(H,26,27). The number of furan rings is 1. The summed E-state index contributed by atoms with van der Waals surface area (Å²) in [5.74, 6) is -0.666. The molecule has 0 fully saturated rings. The number of hydrogen-bond acceptors (Lipinski definition) is 3. The highest BCUT2D eigenvalue weighted by Crippen LogP contribution is 2.32. The zero-order chi connectivity index (χ0) is 20.4. The molecule has 4 rings (SSSR count). The highest BCUT2D eigenvalue weighted by molar-refractivity contribution is 6.16. The molecule has 5 nitrogen and oxygen atoms in total. The van der Waals surface area contributed by atoms with E-state index < -0.39 is 5.91 Å². The first-order valence-electron chi connectivity index (χ1n) is 9.29. The molecule has 1 aromatic heterocycles. The molecule has 144 valence electrons. The largest absolute Gasteiger partial charge is 0.449 e. The van der Waals surface area contributed by atoms with Crippen LogP contribution in [0.3, 0.4) is 0 Å². The molecule has 0 atom stereocenters. The molecule has 5 heteroatoms. The lowest BCUT2D eigenvalue weighted by atomic mass is 10.1. The van der Waals surface area contributed by atoms with Gasteiger partial charge in [-0.2, -0.15) is 0 Å². The third kappa shape index (κ3) is 3.89. The number of fused-ring (bicyclic) bond motifs is 1. The quantitative estimate of drug-likeness (QED) is 0.484. The number of benzene rings is 3. The maximum Gasteiger partial charge on any atom is 0.293 e. The number of rotatable bonds is 4. The summed E-state index contributed by atoms with van der Waals surface area (Å²) < 4.78 is 5.79. The predicted molar refractivity (Wildman–Crippen MR) is 114 cm³/mol. The van der Waals surface area contributed by atoms with Gasteiger partial charge >= 0.3 is 0 Å². The normalized spacial score (nSPS) is 10.7. The zero-order valence-electron chi connectivity index (χ0n) is 16.2. The lowest BCUT2D eigenvalue weighted by Gasteiger charge is -2.08. The second-order valence-corrected chi connectivity index (χ2v) is 6.95. The first-order chi connectivity index (χ1) is 14.0. The van der Waals surface area contributed by atoms with Crippen LogP contribution in [-0.4, -0.2) is 11.8 Å². The Morgan fingerprint density at radius 1 is 0.759 bits per heavy atom. The van der Waals surface area contributed by atoms with Crippen molar-refractivity contribution < 1.29 is 14.0 Å². The van der Waals surface area contributed by atoms with Crippen LogP contribution < -0.4 is 10.6 Å². The lowest BCUT2D eigenvalue weighted by molar-refractivity contribution is 0.0999. The molecule has 0 saturated heterocycles. The summed E-state index contributed by atoms with van der Waals surface area (Å²) in [4.78, 5) is 25.7. The van der Waals surface area contributed by atoms with Gasteiger partial charge in [-0.05, 0) is 55.8 Å². The molecular formula is C24H20N2O3. The van der Waals surface area contributed by atoms with Crippen molar-refractivity contribution in [2.24, 2.45) is 0 Å². The van der Waals surface area contributed by atoms with E-state index in [1.807, 2.05) is 62.4 Å². The van der Waals surface area contributed by atoms with Gasteiger partial charge in [-0.3, -0.25) is 9.59 Å². The van der Waals surface area contributed by atoms with Gasteiger partial charge in [-0.25, -0.2) is 0 Å². The maximum absolute atomic E-state index is 12.9. The Labute approximate surface area is 168 Å². The Hall–Kier alpha value is -3.86. The van der Waals surface area contributed by atoms with E-state index in [1.54, 1.807) is 24.3 Å². The van der Waals surface area contributed by atoms with Crippen molar-refractivity contribution >= 4 is 34.2 Å². The van der Waals surface area contributed by atoms with E-state index in [2.05, 4.69) is 10.6 Å². The summed E-state index contributed by atoms with van der Waals surface area (Å²) in [6.45, 7) is 3.91. The van der Waals surface area contributed by atoms with E-state index in [0.717, 1.165) is 11.1 Å². The number of aryl methyl sites for hydroxylation is 2. The number of nitrogens with one attached hydrogen (secondary N) is 2. The van der Waals surface area contributed by atoms with E-state index in [1.165, 1.54) is 0 Å². The number of hydrogen-bond donors (Lipinski definition) is 2. The van der Waals surface area contributed by atoms with E-state index in [4.69, 9.17) is 4.42 Å². The fourth-order valence-corrected chi connectivity index (χ4v) is 3.13. The van der Waals surface area contributed by atoms with Crippen molar-refractivity contribution in [3.8, 4) is 0 Å². The Kier molecular flexibility index (Phi) is 4.87. The van der Waals surface area contributed by atoms with Crippen LogP contribution in [0.25, 0.3) is 11.0 Å². The molecule has 0 aliphatic carbocycles. The van der Waals surface area contributed by atoms with Gasteiger partial charge in [0.1, 0.15) is 11.3 Å². The molecule has 4 aromatic rings. The fourth-order valence-electron chi connectivity index (χ4n) is 3.13. The van der Waals surface area contributed by atoms with E-state index >= 15 is 0 Å². The van der Waals surface area contributed by atoms with Crippen molar-refractivity contribution in [1.29, 1.82) is 0 Å². The number of amides is 2. The molecular weight excluding hydrogens is 364 g/mol. The van der Waals surface area contributed by atoms with Gasteiger partial charge < -0.3 is 15.1 Å². The topological polar surface area (TPSA) is 71.3 Å². The summed E-state index contributed by atoms with van der Waals surface area (Å²) >= 11 is 0. The summed E-state index contributed by atoms with van der Waals surface area (Å²) in [6, 6.07) is 22.0. The first kappa shape index (κ1) is 18.5. The van der Waals surface area contributed by atoms with Crippen LogP contribution in [0.2, 0.25) is 0 Å². The fraction of sp³-hybridized carbons (Fsp3) is 0.0833. The minimum absolute atomic E-state index is 0.0631. The number of carbonyl (C=O) groups excluding carboxylic acids is 2. The average Bonchev–Trinajstić information content (AvgIpc) is 3.07. The molecule has 2 amide bonds. The molecule has 0 saturated carbocycles. The van der Waals surface area contributed by atoms with Crippen LogP contribution in [0.1, 0.15) is 32.0 Å². The Balaban J connectivity index is 1.69. The lowest BCUT2D eigenvalue weighted by Crippen LogP contribution is -2.17. The Bertz CT molecular complexity index is 1210. The van der Waals surface area contributed by atoms with Gasteiger partial charge in [0.25, 0.3) is 11.8 Å². The molecule has 2 N–H and O–H groups in total. The first-order valence-corrected chi connectivity index (χ1v) is 9.29. The molecule has 29 heavy (non-hydrogen) atoms. The SMILES string of the molecule is Cc1ccc(C(=O)Nc2c(C(=O)Nc3cccc(C)c3)oc3ccccc23)cc1. The summed E-state index contributed by atoms with van der Waals surface area (Å²) in [6.07, 6.45) is 0. The monoisotopic (exact) mass is 384 g/mol. The van der Waals surface area contributed by atoms with Gasteiger partial charge in [0, 0.05) is 16.6 Å². The van der Waals surface area contributed by atoms with Crippen LogP contribution in [-0.2, 0) is 0 Å².